The van der Waals surface area contributed by atoms with E-state index in [1.165, 1.54) is 0 Å². The Labute approximate surface area is 180 Å². The Kier molecular flexibility index (Phi) is 6.29. The van der Waals surface area contributed by atoms with Crippen molar-refractivity contribution >= 4 is 12.1 Å². The fraction of sp³-hybridized carbons (Fsp3) is 0.200. The molecule has 6 heteroatoms. The van der Waals surface area contributed by atoms with E-state index in [1.54, 1.807) is 0 Å². The van der Waals surface area contributed by atoms with Gasteiger partial charge >= 0.3 is 12.1 Å². The van der Waals surface area contributed by atoms with Crippen molar-refractivity contribution < 1.29 is 24.3 Å². The van der Waals surface area contributed by atoms with E-state index >= 15 is 0 Å². The molecule has 0 bridgehead atoms. The number of carboxylic acids is 1. The van der Waals surface area contributed by atoms with E-state index in [-0.39, 0.29) is 32.1 Å². The zero-order chi connectivity index (χ0) is 21.6. The Morgan fingerprint density at radius 3 is 2.03 bits per heavy atom. The van der Waals surface area contributed by atoms with Crippen LogP contribution in [-0.2, 0) is 21.0 Å². The van der Waals surface area contributed by atoms with Gasteiger partial charge < -0.3 is 9.84 Å². The summed E-state index contributed by atoms with van der Waals surface area (Å²) in [6.07, 6.45) is -0.932. The van der Waals surface area contributed by atoms with Crippen molar-refractivity contribution in [2.75, 3.05) is 13.2 Å². The molecule has 0 saturated carbocycles. The van der Waals surface area contributed by atoms with Crippen LogP contribution in [0.15, 0.2) is 78.9 Å². The first-order valence-electron chi connectivity index (χ1n) is 10.1. The minimum atomic E-state index is -1.01. The first kappa shape index (κ1) is 20.6. The van der Waals surface area contributed by atoms with E-state index in [1.807, 2.05) is 66.7 Å². The standard InChI is InChI=1S/C25H23NO5/c27-24(28)14-15-26(31-16-18-8-2-1-3-9-18)25(29)30-17-23-21-12-6-4-10-19(21)20-11-5-7-13-22(20)23/h1-13,23H,14-17H2,(H,27,28). The number of ether oxygens (including phenoxy) is 1. The maximum absolute atomic E-state index is 12.7. The number of carbonyl (C=O) groups excluding carboxylic acids is 1. The van der Waals surface area contributed by atoms with Gasteiger partial charge in [-0.2, -0.15) is 5.06 Å². The zero-order valence-electron chi connectivity index (χ0n) is 16.9. The van der Waals surface area contributed by atoms with E-state index < -0.39 is 12.1 Å². The fourth-order valence-electron chi connectivity index (χ4n) is 3.80. The van der Waals surface area contributed by atoms with E-state index in [4.69, 9.17) is 14.7 Å². The highest BCUT2D eigenvalue weighted by atomic mass is 16.7. The third-order valence-corrected chi connectivity index (χ3v) is 5.30. The minimum Gasteiger partial charge on any atom is -0.481 e. The lowest BCUT2D eigenvalue weighted by Gasteiger charge is -2.22. The summed E-state index contributed by atoms with van der Waals surface area (Å²) in [5.41, 5.74) is 5.37. The minimum absolute atomic E-state index is 0.0770. The molecule has 3 aromatic rings. The molecule has 3 aromatic carbocycles. The molecule has 0 fully saturated rings. The van der Waals surface area contributed by atoms with Gasteiger partial charge in [0, 0.05) is 5.92 Å². The second kappa shape index (κ2) is 9.45. The Morgan fingerprint density at radius 2 is 1.42 bits per heavy atom. The Bertz CT molecular complexity index is 1020. The molecule has 0 aliphatic heterocycles. The molecule has 1 aliphatic carbocycles. The van der Waals surface area contributed by atoms with Crippen LogP contribution in [-0.4, -0.2) is 35.4 Å². The van der Waals surface area contributed by atoms with Gasteiger partial charge in [-0.3, -0.25) is 9.63 Å². The number of benzene rings is 3. The molecular weight excluding hydrogens is 394 g/mol. The number of rotatable bonds is 8. The van der Waals surface area contributed by atoms with Crippen LogP contribution in [0.5, 0.6) is 0 Å². The summed E-state index contributed by atoms with van der Waals surface area (Å²) in [5, 5.41) is 10.0. The lowest BCUT2D eigenvalue weighted by atomic mass is 9.98. The maximum Gasteiger partial charge on any atom is 0.433 e. The van der Waals surface area contributed by atoms with Crippen LogP contribution in [0.25, 0.3) is 11.1 Å². The molecule has 0 radical (unpaired) electrons. The van der Waals surface area contributed by atoms with Crippen molar-refractivity contribution in [1.82, 2.24) is 5.06 Å². The number of aliphatic carboxylic acids is 1. The van der Waals surface area contributed by atoms with Crippen molar-refractivity contribution in [2.24, 2.45) is 0 Å². The predicted molar refractivity (Wildman–Crippen MR) is 115 cm³/mol. The zero-order valence-corrected chi connectivity index (χ0v) is 16.9. The molecule has 6 nitrogen and oxygen atoms in total. The number of fused-ring (bicyclic) bond motifs is 3. The quantitative estimate of drug-likeness (QED) is 0.531. The summed E-state index contributed by atoms with van der Waals surface area (Å²) in [6, 6.07) is 25.5. The van der Waals surface area contributed by atoms with Crippen molar-refractivity contribution in [1.29, 1.82) is 0 Å². The number of carbonyl (C=O) groups is 2. The van der Waals surface area contributed by atoms with Crippen LogP contribution in [0.4, 0.5) is 4.79 Å². The normalized spacial score (nSPS) is 12.1. The monoisotopic (exact) mass is 417 g/mol. The Morgan fingerprint density at radius 1 is 0.839 bits per heavy atom. The second-order valence-electron chi connectivity index (χ2n) is 7.31. The van der Waals surface area contributed by atoms with Crippen LogP contribution in [0, 0.1) is 0 Å². The lowest BCUT2D eigenvalue weighted by Crippen LogP contribution is -2.34. The van der Waals surface area contributed by atoms with Crippen molar-refractivity contribution in [3.8, 4) is 11.1 Å². The highest BCUT2D eigenvalue weighted by Crippen LogP contribution is 2.44. The van der Waals surface area contributed by atoms with Gasteiger partial charge in [-0.25, -0.2) is 4.79 Å². The average molecular weight is 417 g/mol. The molecule has 4 rings (SSSR count). The average Bonchev–Trinajstić information content (AvgIpc) is 3.12. The molecular formula is C25H23NO5. The van der Waals surface area contributed by atoms with E-state index in [0.29, 0.717) is 0 Å². The van der Waals surface area contributed by atoms with Crippen LogP contribution in [0.3, 0.4) is 0 Å². The number of hydrogen-bond acceptors (Lipinski definition) is 4. The maximum atomic E-state index is 12.7. The number of hydrogen-bond donors (Lipinski definition) is 1. The van der Waals surface area contributed by atoms with Gasteiger partial charge in [0.1, 0.15) is 13.2 Å². The van der Waals surface area contributed by atoms with Gasteiger partial charge in [-0.15, -0.1) is 0 Å². The van der Waals surface area contributed by atoms with Gasteiger partial charge in [-0.1, -0.05) is 78.9 Å². The first-order valence-corrected chi connectivity index (χ1v) is 10.1. The van der Waals surface area contributed by atoms with Gasteiger partial charge in [-0.05, 0) is 27.8 Å². The van der Waals surface area contributed by atoms with Crippen LogP contribution < -0.4 is 0 Å². The Hall–Kier alpha value is -3.64. The van der Waals surface area contributed by atoms with E-state index in [0.717, 1.165) is 32.9 Å². The molecule has 0 heterocycles. The molecule has 0 unspecified atom stereocenters. The SMILES string of the molecule is O=C(O)CCN(OCc1ccccc1)C(=O)OCC1c2ccccc2-c2ccccc21. The summed E-state index contributed by atoms with van der Waals surface area (Å²) < 4.78 is 5.59. The summed E-state index contributed by atoms with van der Waals surface area (Å²) in [6.45, 7) is 0.189. The fourth-order valence-corrected chi connectivity index (χ4v) is 3.80. The van der Waals surface area contributed by atoms with Crippen molar-refractivity contribution in [2.45, 2.75) is 18.9 Å². The van der Waals surface area contributed by atoms with Crippen LogP contribution in [0.2, 0.25) is 0 Å². The highest BCUT2D eigenvalue weighted by Gasteiger charge is 2.30. The summed E-state index contributed by atoms with van der Waals surface area (Å²) in [5.74, 6) is -1.09. The van der Waals surface area contributed by atoms with Gasteiger partial charge in [0.05, 0.1) is 13.0 Å². The molecule has 0 atom stereocenters. The second-order valence-corrected chi connectivity index (χ2v) is 7.31. The number of hydroxylamine groups is 2. The molecule has 0 spiro atoms. The third kappa shape index (κ3) is 4.75. The molecule has 1 amide bonds. The first-order chi connectivity index (χ1) is 15.1. The van der Waals surface area contributed by atoms with Crippen molar-refractivity contribution in [3.63, 3.8) is 0 Å². The van der Waals surface area contributed by atoms with Gasteiger partial charge in [0.25, 0.3) is 0 Å². The summed E-state index contributed by atoms with van der Waals surface area (Å²) in [7, 11) is 0. The van der Waals surface area contributed by atoms with Crippen LogP contribution in [0.1, 0.15) is 29.0 Å². The largest absolute Gasteiger partial charge is 0.481 e. The molecule has 1 N–H and O–H groups in total. The van der Waals surface area contributed by atoms with Crippen molar-refractivity contribution in [3.05, 3.63) is 95.6 Å². The van der Waals surface area contributed by atoms with Gasteiger partial charge in [0.15, 0.2) is 0 Å². The Balaban J connectivity index is 1.45. The molecule has 0 saturated heterocycles. The molecule has 1 aliphatic rings. The number of carboxylic acid groups (broad SMARTS) is 1. The smallest absolute Gasteiger partial charge is 0.433 e. The number of amides is 1. The molecule has 31 heavy (non-hydrogen) atoms. The van der Waals surface area contributed by atoms with Gasteiger partial charge in [0.2, 0.25) is 0 Å². The van der Waals surface area contributed by atoms with Crippen LogP contribution >= 0.6 is 0 Å². The number of nitrogens with zero attached hydrogens (tertiary/aromatic N) is 1. The predicted octanol–water partition coefficient (Wildman–Crippen LogP) is 4.84. The summed E-state index contributed by atoms with van der Waals surface area (Å²) in [4.78, 5) is 29.3. The van der Waals surface area contributed by atoms with E-state index in [2.05, 4.69) is 12.1 Å². The van der Waals surface area contributed by atoms with E-state index in [9.17, 15) is 9.59 Å². The molecule has 158 valence electrons. The lowest BCUT2D eigenvalue weighted by molar-refractivity contribution is -0.155. The highest BCUT2D eigenvalue weighted by molar-refractivity contribution is 5.79. The topological polar surface area (TPSA) is 76.1 Å². The summed E-state index contributed by atoms with van der Waals surface area (Å²) >= 11 is 0. The molecule has 0 aromatic heterocycles. The third-order valence-electron chi connectivity index (χ3n) is 5.30.